The minimum absolute atomic E-state index is 0.00150. The molecule has 0 bridgehead atoms. The fourth-order valence-corrected chi connectivity index (χ4v) is 6.29. The van der Waals surface area contributed by atoms with Crippen LogP contribution in [0.2, 0.25) is 18.1 Å². The number of nitriles is 1. The molecule has 4 atom stereocenters. The van der Waals surface area contributed by atoms with E-state index in [9.17, 15) is 25.3 Å². The van der Waals surface area contributed by atoms with Gasteiger partial charge in [0, 0.05) is 16.5 Å². The van der Waals surface area contributed by atoms with Gasteiger partial charge in [-0.2, -0.15) is 5.26 Å². The van der Waals surface area contributed by atoms with Gasteiger partial charge in [-0.25, -0.2) is 4.79 Å². The van der Waals surface area contributed by atoms with E-state index >= 15 is 0 Å². The Morgan fingerprint density at radius 3 is 2.61 bits per heavy atom. The maximum Gasteiger partial charge on any atom is 0.404 e. The molecule has 1 aromatic carbocycles. The summed E-state index contributed by atoms with van der Waals surface area (Å²) in [7, 11) is -2.08. The van der Waals surface area contributed by atoms with E-state index in [0.717, 1.165) is 5.56 Å². The topological polar surface area (TPSA) is 129 Å². The van der Waals surface area contributed by atoms with E-state index in [1.165, 1.54) is 6.07 Å². The van der Waals surface area contributed by atoms with Crippen molar-refractivity contribution < 1.29 is 19.3 Å². The molecule has 3 rings (SSSR count). The first-order chi connectivity index (χ1) is 15.2. The standard InChI is InChI=1S/C22H31IN4O5Si/c1-21(2,3)33(4,5)32-12-16-9-15(25-20(28)29)11-26(16)18-8-14(6-7-17(18)27(30)31)22(13-24)10-19(22)23/h6-8,15-16,19,25H,9-12H2,1-5H3,(H,28,29)/t15-,16-,19?,22?/m0/s1. The number of carbonyl (C=O) groups is 1. The lowest BCUT2D eigenvalue weighted by molar-refractivity contribution is -0.384. The Hall–Kier alpha value is -1.91. The fourth-order valence-electron chi connectivity index (χ4n) is 4.06. The molecule has 1 saturated carbocycles. The summed E-state index contributed by atoms with van der Waals surface area (Å²) in [4.78, 5) is 24.7. The Kier molecular flexibility index (Phi) is 7.04. The predicted octanol–water partition coefficient (Wildman–Crippen LogP) is 4.80. The molecule has 1 heterocycles. The van der Waals surface area contributed by atoms with Gasteiger partial charge in [0.1, 0.15) is 5.69 Å². The molecule has 1 amide bonds. The predicted molar refractivity (Wildman–Crippen MR) is 137 cm³/mol. The van der Waals surface area contributed by atoms with E-state index < -0.39 is 24.7 Å². The lowest BCUT2D eigenvalue weighted by atomic mass is 9.96. The van der Waals surface area contributed by atoms with E-state index in [1.807, 2.05) is 4.90 Å². The number of nitrogens with one attached hydrogen (secondary N) is 1. The Morgan fingerprint density at radius 1 is 1.48 bits per heavy atom. The number of amides is 1. The SMILES string of the molecule is CC(C)(C)[Si](C)(C)OC[C@@H]1C[C@H](NC(=O)O)CN1c1cc(C2(C#N)CC2I)ccc1[N+](=O)[O-]. The summed E-state index contributed by atoms with van der Waals surface area (Å²) in [5.41, 5.74) is 0.506. The second-order valence-corrected chi connectivity index (χ2v) is 16.8. The first-order valence-electron chi connectivity index (χ1n) is 11.0. The molecule has 2 aliphatic rings. The zero-order valence-corrected chi connectivity index (χ0v) is 22.7. The number of hydrogen-bond acceptors (Lipinski definition) is 6. The van der Waals surface area contributed by atoms with Gasteiger partial charge >= 0.3 is 6.09 Å². The highest BCUT2D eigenvalue weighted by atomic mass is 127. The highest BCUT2D eigenvalue weighted by molar-refractivity contribution is 14.1. The molecule has 0 spiro atoms. The number of nitro benzene ring substituents is 1. The lowest BCUT2D eigenvalue weighted by Gasteiger charge is -2.38. The second kappa shape index (κ2) is 9.03. The highest BCUT2D eigenvalue weighted by Crippen LogP contribution is 2.54. The van der Waals surface area contributed by atoms with E-state index in [4.69, 9.17) is 4.43 Å². The fraction of sp³-hybridized carbons (Fsp3) is 0.636. The maximum absolute atomic E-state index is 11.9. The number of rotatable bonds is 7. The molecular weight excluding hydrogens is 555 g/mol. The molecule has 1 aliphatic carbocycles. The summed E-state index contributed by atoms with van der Waals surface area (Å²) in [5, 5.41) is 33.4. The van der Waals surface area contributed by atoms with E-state index in [2.05, 4.69) is 67.8 Å². The number of hydrogen-bond donors (Lipinski definition) is 2. The molecule has 0 radical (unpaired) electrons. The number of alkyl halides is 1. The van der Waals surface area contributed by atoms with Crippen LogP contribution in [-0.4, -0.2) is 53.6 Å². The summed E-state index contributed by atoms with van der Waals surface area (Å²) in [5.74, 6) is 0. The molecule has 1 saturated heterocycles. The van der Waals surface area contributed by atoms with Crippen molar-refractivity contribution in [2.24, 2.45) is 0 Å². The first-order valence-corrected chi connectivity index (χ1v) is 15.1. The molecule has 11 heteroatoms. The van der Waals surface area contributed by atoms with Crippen LogP contribution < -0.4 is 10.2 Å². The van der Waals surface area contributed by atoms with E-state index in [1.54, 1.807) is 12.1 Å². The third-order valence-electron chi connectivity index (χ3n) is 7.26. The minimum Gasteiger partial charge on any atom is -0.465 e. The van der Waals surface area contributed by atoms with Crippen LogP contribution in [0.5, 0.6) is 0 Å². The monoisotopic (exact) mass is 586 g/mol. The first kappa shape index (κ1) is 25.7. The largest absolute Gasteiger partial charge is 0.465 e. The van der Waals surface area contributed by atoms with Crippen molar-refractivity contribution in [3.8, 4) is 6.07 Å². The van der Waals surface area contributed by atoms with Gasteiger partial charge in [0.05, 0.1) is 35.1 Å². The van der Waals surface area contributed by atoms with Crippen molar-refractivity contribution in [3.05, 3.63) is 33.9 Å². The molecule has 2 N–H and O–H groups in total. The van der Waals surface area contributed by atoms with Gasteiger partial charge in [-0.15, -0.1) is 0 Å². The minimum atomic E-state index is -2.08. The van der Waals surface area contributed by atoms with Crippen molar-refractivity contribution in [1.29, 1.82) is 5.26 Å². The number of nitrogens with zero attached hydrogens (tertiary/aromatic N) is 3. The zero-order chi connectivity index (χ0) is 24.8. The molecule has 1 aromatic rings. The molecule has 33 heavy (non-hydrogen) atoms. The summed E-state index contributed by atoms with van der Waals surface area (Å²) in [6.07, 6.45) is 0.0755. The van der Waals surface area contributed by atoms with Crippen LogP contribution in [0, 0.1) is 21.4 Å². The van der Waals surface area contributed by atoms with E-state index in [0.29, 0.717) is 31.7 Å². The maximum atomic E-state index is 11.9. The molecule has 0 aromatic heterocycles. The summed E-state index contributed by atoms with van der Waals surface area (Å²) >= 11 is 2.24. The third kappa shape index (κ3) is 5.12. The van der Waals surface area contributed by atoms with Gasteiger partial charge in [0.25, 0.3) is 5.69 Å². The number of benzene rings is 1. The molecule has 180 valence electrons. The van der Waals surface area contributed by atoms with Gasteiger partial charge < -0.3 is 19.7 Å². The number of anilines is 1. The summed E-state index contributed by atoms with van der Waals surface area (Å²) in [6, 6.07) is 6.68. The molecule has 1 aliphatic heterocycles. The quantitative estimate of drug-likeness (QED) is 0.154. The third-order valence-corrected chi connectivity index (χ3v) is 13.3. The van der Waals surface area contributed by atoms with Crippen LogP contribution in [0.25, 0.3) is 0 Å². The number of nitro groups is 1. The average Bonchev–Trinajstić information content (AvgIpc) is 3.21. The Labute approximate surface area is 208 Å². The smallest absolute Gasteiger partial charge is 0.404 e. The van der Waals surface area contributed by atoms with Crippen molar-refractivity contribution in [2.75, 3.05) is 18.1 Å². The van der Waals surface area contributed by atoms with Gasteiger partial charge in [0.2, 0.25) is 0 Å². The van der Waals surface area contributed by atoms with Gasteiger partial charge in [-0.3, -0.25) is 10.1 Å². The van der Waals surface area contributed by atoms with Gasteiger partial charge in [-0.05, 0) is 42.6 Å². The Bertz CT molecular complexity index is 992. The number of carboxylic acid groups (broad SMARTS) is 1. The molecule has 2 fully saturated rings. The van der Waals surface area contributed by atoms with Crippen LogP contribution in [0.4, 0.5) is 16.2 Å². The van der Waals surface area contributed by atoms with Crippen LogP contribution in [-0.2, 0) is 9.84 Å². The molecular formula is C22H31IN4O5Si. The van der Waals surface area contributed by atoms with Crippen LogP contribution in [0.15, 0.2) is 18.2 Å². The second-order valence-electron chi connectivity index (χ2n) is 10.5. The van der Waals surface area contributed by atoms with Crippen molar-refractivity contribution in [2.45, 2.75) is 73.2 Å². The van der Waals surface area contributed by atoms with Crippen LogP contribution >= 0.6 is 22.6 Å². The lowest BCUT2D eigenvalue weighted by Crippen LogP contribution is -2.45. The van der Waals surface area contributed by atoms with Crippen molar-refractivity contribution >= 4 is 48.4 Å². The van der Waals surface area contributed by atoms with Gasteiger partial charge in [0.15, 0.2) is 8.32 Å². The Balaban J connectivity index is 1.98. The summed E-state index contributed by atoms with van der Waals surface area (Å²) in [6.45, 7) is 11.4. The highest BCUT2D eigenvalue weighted by Gasteiger charge is 2.55. The van der Waals surface area contributed by atoms with E-state index in [-0.39, 0.29) is 26.7 Å². The van der Waals surface area contributed by atoms with Gasteiger partial charge in [-0.1, -0.05) is 49.4 Å². The normalized spacial score (nSPS) is 27.2. The Morgan fingerprint density at radius 2 is 2.12 bits per heavy atom. The average molecular weight is 587 g/mol. The zero-order valence-electron chi connectivity index (χ0n) is 19.6. The molecule has 9 nitrogen and oxygen atoms in total. The van der Waals surface area contributed by atoms with Crippen LogP contribution in [0.3, 0.4) is 0 Å². The van der Waals surface area contributed by atoms with Crippen molar-refractivity contribution in [3.63, 3.8) is 0 Å². The molecule has 2 unspecified atom stereocenters. The number of halogens is 1. The summed E-state index contributed by atoms with van der Waals surface area (Å²) < 4.78 is 6.59. The van der Waals surface area contributed by atoms with Crippen molar-refractivity contribution in [1.82, 2.24) is 5.32 Å². The van der Waals surface area contributed by atoms with Crippen LogP contribution in [0.1, 0.15) is 39.2 Å².